The van der Waals surface area contributed by atoms with E-state index in [0.717, 1.165) is 54.9 Å². The van der Waals surface area contributed by atoms with Crippen molar-refractivity contribution in [3.05, 3.63) is 53.2 Å². The van der Waals surface area contributed by atoms with Gasteiger partial charge in [0.1, 0.15) is 6.33 Å². The van der Waals surface area contributed by atoms with Crippen molar-refractivity contribution in [2.75, 3.05) is 36.4 Å². The highest BCUT2D eigenvalue weighted by molar-refractivity contribution is 7.08. The molecule has 0 radical (unpaired) electrons. The van der Waals surface area contributed by atoms with E-state index < -0.39 is 0 Å². The van der Waals surface area contributed by atoms with Gasteiger partial charge in [-0.1, -0.05) is 6.07 Å². The Morgan fingerprint density at radius 3 is 2.89 bits per heavy atom. The van der Waals surface area contributed by atoms with Crippen LogP contribution in [0.2, 0.25) is 0 Å². The second kappa shape index (κ2) is 10.4. The quantitative estimate of drug-likeness (QED) is 0.400. The van der Waals surface area contributed by atoms with Crippen LogP contribution >= 0.6 is 11.3 Å². The van der Waals surface area contributed by atoms with Gasteiger partial charge in [-0.05, 0) is 49.8 Å². The summed E-state index contributed by atoms with van der Waals surface area (Å²) in [5.74, 6) is 1.48. The smallest absolute Gasteiger partial charge is 0.229 e. The van der Waals surface area contributed by atoms with E-state index in [9.17, 15) is 4.79 Å². The number of nitrogens with zero attached hydrogens (tertiary/aromatic N) is 7. The molecule has 0 aliphatic carbocycles. The maximum Gasteiger partial charge on any atom is 0.229 e. The SMILES string of the molecule is CCN(CC)C(=O)C1CCCN(c2nc(NCc3cccnc3)c3ncn(-c4ccsc4)c3n2)C1. The van der Waals surface area contributed by atoms with E-state index in [4.69, 9.17) is 9.97 Å². The van der Waals surface area contributed by atoms with Crippen LogP contribution in [-0.4, -0.2) is 61.5 Å². The van der Waals surface area contributed by atoms with Crippen LogP contribution in [0.15, 0.2) is 47.7 Å². The van der Waals surface area contributed by atoms with Gasteiger partial charge in [-0.2, -0.15) is 21.3 Å². The normalized spacial score (nSPS) is 15.9. The summed E-state index contributed by atoms with van der Waals surface area (Å²) < 4.78 is 1.99. The lowest BCUT2D eigenvalue weighted by molar-refractivity contribution is -0.135. The predicted octanol–water partition coefficient (Wildman–Crippen LogP) is 3.97. The molecule has 1 atom stereocenters. The Morgan fingerprint density at radius 2 is 2.14 bits per heavy atom. The Labute approximate surface area is 208 Å². The number of hydrogen-bond acceptors (Lipinski definition) is 8. The fourth-order valence-electron chi connectivity index (χ4n) is 4.58. The van der Waals surface area contributed by atoms with Gasteiger partial charge in [0.05, 0.1) is 11.6 Å². The van der Waals surface area contributed by atoms with E-state index in [1.54, 1.807) is 23.9 Å². The second-order valence-corrected chi connectivity index (χ2v) is 9.43. The van der Waals surface area contributed by atoms with Crippen molar-refractivity contribution < 1.29 is 4.79 Å². The fraction of sp³-hybridized carbons (Fsp3) is 0.400. The number of anilines is 2. The van der Waals surface area contributed by atoms with Crippen molar-refractivity contribution in [2.24, 2.45) is 5.92 Å². The average Bonchev–Trinajstić information content (AvgIpc) is 3.58. The van der Waals surface area contributed by atoms with Crippen LogP contribution in [0.25, 0.3) is 16.9 Å². The molecule has 4 aromatic heterocycles. The summed E-state index contributed by atoms with van der Waals surface area (Å²) in [4.78, 5) is 35.8. The average molecular weight is 491 g/mol. The summed E-state index contributed by atoms with van der Waals surface area (Å²) >= 11 is 1.63. The Hall–Kier alpha value is -3.53. The lowest BCUT2D eigenvalue weighted by Crippen LogP contribution is -2.45. The lowest BCUT2D eigenvalue weighted by atomic mass is 9.96. The number of pyridine rings is 1. The van der Waals surface area contributed by atoms with Gasteiger partial charge in [0.25, 0.3) is 0 Å². The molecule has 5 heterocycles. The Kier molecular flexibility index (Phi) is 6.89. The third-order valence-corrected chi connectivity index (χ3v) is 7.15. The first kappa shape index (κ1) is 23.2. The molecular formula is C25H30N8OS. The van der Waals surface area contributed by atoms with Crippen LogP contribution < -0.4 is 10.2 Å². The molecule has 0 spiro atoms. The summed E-state index contributed by atoms with van der Waals surface area (Å²) in [5, 5.41) is 7.56. The van der Waals surface area contributed by atoms with Gasteiger partial charge in [0, 0.05) is 50.5 Å². The minimum absolute atomic E-state index is 0.0449. The Bertz CT molecular complexity index is 1270. The van der Waals surface area contributed by atoms with Gasteiger partial charge >= 0.3 is 0 Å². The number of piperidine rings is 1. The second-order valence-electron chi connectivity index (χ2n) is 8.65. The number of fused-ring (bicyclic) bond motifs is 1. The van der Waals surface area contributed by atoms with Gasteiger partial charge in [-0.25, -0.2) is 4.98 Å². The van der Waals surface area contributed by atoms with Crippen LogP contribution in [0.3, 0.4) is 0 Å². The number of carbonyl (C=O) groups is 1. The summed E-state index contributed by atoms with van der Waals surface area (Å²) in [6.45, 7) is 7.55. The minimum Gasteiger partial charge on any atom is -0.364 e. The Morgan fingerprint density at radius 1 is 1.26 bits per heavy atom. The van der Waals surface area contributed by atoms with Crippen molar-refractivity contribution in [3.8, 4) is 5.69 Å². The van der Waals surface area contributed by atoms with Crippen molar-refractivity contribution in [1.29, 1.82) is 0 Å². The van der Waals surface area contributed by atoms with Gasteiger partial charge in [0.15, 0.2) is 17.0 Å². The van der Waals surface area contributed by atoms with Crippen molar-refractivity contribution in [3.63, 3.8) is 0 Å². The lowest BCUT2D eigenvalue weighted by Gasteiger charge is -2.34. The number of imidazole rings is 1. The van der Waals surface area contributed by atoms with Crippen molar-refractivity contribution >= 4 is 40.2 Å². The summed E-state index contributed by atoms with van der Waals surface area (Å²) in [6.07, 6.45) is 7.22. The zero-order valence-corrected chi connectivity index (χ0v) is 20.9. The van der Waals surface area contributed by atoms with Gasteiger partial charge < -0.3 is 15.1 Å². The van der Waals surface area contributed by atoms with E-state index >= 15 is 0 Å². The van der Waals surface area contributed by atoms with Crippen LogP contribution in [-0.2, 0) is 11.3 Å². The number of aromatic nitrogens is 5. The molecule has 0 aromatic carbocycles. The Balaban J connectivity index is 1.49. The van der Waals surface area contributed by atoms with Crippen LogP contribution in [0.5, 0.6) is 0 Å². The predicted molar refractivity (Wildman–Crippen MR) is 139 cm³/mol. The third kappa shape index (κ3) is 4.84. The molecule has 1 unspecified atom stereocenters. The highest BCUT2D eigenvalue weighted by atomic mass is 32.1. The van der Waals surface area contributed by atoms with E-state index in [2.05, 4.69) is 31.6 Å². The maximum absolute atomic E-state index is 13.1. The van der Waals surface area contributed by atoms with E-state index in [1.165, 1.54) is 0 Å². The minimum atomic E-state index is -0.0449. The number of hydrogen-bond donors (Lipinski definition) is 1. The molecule has 35 heavy (non-hydrogen) atoms. The number of carbonyl (C=O) groups excluding carboxylic acids is 1. The van der Waals surface area contributed by atoms with Gasteiger partial charge in [-0.15, -0.1) is 0 Å². The van der Waals surface area contributed by atoms with Crippen LogP contribution in [0.1, 0.15) is 32.3 Å². The fourth-order valence-corrected chi connectivity index (χ4v) is 5.21. The van der Waals surface area contributed by atoms with Crippen molar-refractivity contribution in [1.82, 2.24) is 29.4 Å². The molecule has 1 fully saturated rings. The molecule has 1 aliphatic rings. The molecule has 1 saturated heterocycles. The summed E-state index contributed by atoms with van der Waals surface area (Å²) in [7, 11) is 0. The number of thiophene rings is 1. The van der Waals surface area contributed by atoms with Gasteiger partial charge in [0.2, 0.25) is 11.9 Å². The molecule has 0 bridgehead atoms. The van der Waals surface area contributed by atoms with E-state index in [0.29, 0.717) is 24.9 Å². The zero-order valence-electron chi connectivity index (χ0n) is 20.1. The molecule has 0 saturated carbocycles. The highest BCUT2D eigenvalue weighted by Gasteiger charge is 2.30. The molecule has 1 aliphatic heterocycles. The molecule has 1 amide bonds. The standard InChI is InChI=1S/C25H30N8OS/c1-3-31(4-2)24(34)19-8-6-11-32(15-19)25-29-22(27-14-18-7-5-10-26-13-18)21-23(30-25)33(17-28-21)20-9-12-35-16-20/h5,7,9-10,12-13,16-17,19H,3-4,6,8,11,14-15H2,1-2H3,(H,27,29,30). The molecule has 1 N–H and O–H groups in total. The molecule has 182 valence electrons. The highest BCUT2D eigenvalue weighted by Crippen LogP contribution is 2.29. The number of nitrogens with one attached hydrogen (secondary N) is 1. The number of rotatable bonds is 8. The van der Waals surface area contributed by atoms with E-state index in [1.807, 2.05) is 47.0 Å². The van der Waals surface area contributed by atoms with Crippen LogP contribution in [0.4, 0.5) is 11.8 Å². The molecule has 5 rings (SSSR count). The molecule has 4 aromatic rings. The summed E-state index contributed by atoms with van der Waals surface area (Å²) in [5.41, 5.74) is 3.55. The zero-order chi connectivity index (χ0) is 24.2. The first-order valence-corrected chi connectivity index (χ1v) is 13.1. The summed E-state index contributed by atoms with van der Waals surface area (Å²) in [6, 6.07) is 6.00. The van der Waals surface area contributed by atoms with E-state index in [-0.39, 0.29) is 11.8 Å². The first-order chi connectivity index (χ1) is 17.2. The molecule has 9 nitrogen and oxygen atoms in total. The largest absolute Gasteiger partial charge is 0.364 e. The monoisotopic (exact) mass is 490 g/mol. The number of amides is 1. The molecule has 10 heteroatoms. The topological polar surface area (TPSA) is 92.1 Å². The third-order valence-electron chi connectivity index (χ3n) is 6.48. The first-order valence-electron chi connectivity index (χ1n) is 12.1. The maximum atomic E-state index is 13.1. The van der Waals surface area contributed by atoms with Gasteiger partial charge in [-0.3, -0.25) is 14.3 Å². The van der Waals surface area contributed by atoms with Crippen molar-refractivity contribution in [2.45, 2.75) is 33.2 Å². The molecular weight excluding hydrogens is 460 g/mol. The van der Waals surface area contributed by atoms with Crippen LogP contribution in [0, 0.1) is 5.92 Å².